The fourth-order valence-corrected chi connectivity index (χ4v) is 3.66. The zero-order valence-corrected chi connectivity index (χ0v) is 13.6. The SMILES string of the molecule is CCS(=O)(=O)N1CCCC(C(=O)NCc2nc(O)cc(=O)[nH]2)C1. The van der Waals surface area contributed by atoms with Crippen molar-refractivity contribution in [3.63, 3.8) is 0 Å². The average Bonchev–Trinajstić information content (AvgIpc) is 2.52. The standard InChI is InChI=1S/C13H20N4O5S/c1-2-23(21,22)17-5-3-4-9(8-17)13(20)14-7-10-15-11(18)6-12(19)16-10/h6,9H,2-5,7-8H2,1H3,(H,14,20)(H2,15,16,18,19). The summed E-state index contributed by atoms with van der Waals surface area (Å²) in [5.41, 5.74) is -0.514. The molecule has 0 bridgehead atoms. The quantitative estimate of drug-likeness (QED) is 0.637. The van der Waals surface area contributed by atoms with Crippen molar-refractivity contribution in [3.05, 3.63) is 22.2 Å². The molecule has 0 aromatic carbocycles. The summed E-state index contributed by atoms with van der Waals surface area (Å²) < 4.78 is 25.1. The second-order valence-electron chi connectivity index (χ2n) is 5.37. The van der Waals surface area contributed by atoms with Crippen molar-refractivity contribution in [2.24, 2.45) is 5.92 Å². The summed E-state index contributed by atoms with van der Waals surface area (Å²) >= 11 is 0. The molecule has 128 valence electrons. The van der Waals surface area contributed by atoms with Gasteiger partial charge in [0.05, 0.1) is 24.3 Å². The van der Waals surface area contributed by atoms with Gasteiger partial charge in [0.25, 0.3) is 5.56 Å². The number of carbonyl (C=O) groups is 1. The van der Waals surface area contributed by atoms with Gasteiger partial charge < -0.3 is 15.4 Å². The van der Waals surface area contributed by atoms with Crippen LogP contribution in [0.3, 0.4) is 0 Å². The van der Waals surface area contributed by atoms with Crippen LogP contribution in [0.1, 0.15) is 25.6 Å². The van der Waals surface area contributed by atoms with Crippen LogP contribution in [0.4, 0.5) is 0 Å². The van der Waals surface area contributed by atoms with Crippen molar-refractivity contribution in [1.82, 2.24) is 19.6 Å². The Hall–Kier alpha value is -1.94. The van der Waals surface area contributed by atoms with E-state index >= 15 is 0 Å². The minimum Gasteiger partial charge on any atom is -0.493 e. The third-order valence-electron chi connectivity index (χ3n) is 3.72. The molecule has 1 atom stereocenters. The number of H-pyrrole nitrogens is 1. The molecule has 0 aliphatic carbocycles. The van der Waals surface area contributed by atoms with E-state index in [0.29, 0.717) is 19.4 Å². The predicted octanol–water partition coefficient (Wildman–Crippen LogP) is -0.847. The Balaban J connectivity index is 1.96. The number of rotatable bonds is 5. The highest BCUT2D eigenvalue weighted by Crippen LogP contribution is 2.19. The number of amides is 1. The highest BCUT2D eigenvalue weighted by Gasteiger charge is 2.31. The Morgan fingerprint density at radius 2 is 2.30 bits per heavy atom. The molecule has 1 aliphatic rings. The summed E-state index contributed by atoms with van der Waals surface area (Å²) in [5, 5.41) is 11.9. The maximum Gasteiger partial charge on any atom is 0.254 e. The smallest absolute Gasteiger partial charge is 0.254 e. The number of aromatic amines is 1. The van der Waals surface area contributed by atoms with Gasteiger partial charge in [-0.3, -0.25) is 9.59 Å². The molecule has 0 radical (unpaired) electrons. The van der Waals surface area contributed by atoms with Gasteiger partial charge in [-0.25, -0.2) is 12.7 Å². The summed E-state index contributed by atoms with van der Waals surface area (Å²) in [7, 11) is -3.31. The molecule has 1 fully saturated rings. The predicted molar refractivity (Wildman–Crippen MR) is 82.1 cm³/mol. The number of piperidine rings is 1. The van der Waals surface area contributed by atoms with E-state index in [2.05, 4.69) is 15.3 Å². The van der Waals surface area contributed by atoms with E-state index in [1.54, 1.807) is 6.92 Å². The fraction of sp³-hybridized carbons (Fsp3) is 0.615. The van der Waals surface area contributed by atoms with E-state index < -0.39 is 27.4 Å². The zero-order chi connectivity index (χ0) is 17.0. The molecule has 0 saturated carbocycles. The van der Waals surface area contributed by atoms with Crippen molar-refractivity contribution in [2.45, 2.75) is 26.3 Å². The molecular weight excluding hydrogens is 324 g/mol. The van der Waals surface area contributed by atoms with Crippen molar-refractivity contribution >= 4 is 15.9 Å². The summed E-state index contributed by atoms with van der Waals surface area (Å²) in [5.74, 6) is -1.01. The number of aromatic hydroxyl groups is 1. The Morgan fingerprint density at radius 1 is 1.57 bits per heavy atom. The van der Waals surface area contributed by atoms with Gasteiger partial charge in [0.1, 0.15) is 5.82 Å². The van der Waals surface area contributed by atoms with Crippen molar-refractivity contribution < 1.29 is 18.3 Å². The lowest BCUT2D eigenvalue weighted by atomic mass is 9.99. The van der Waals surface area contributed by atoms with Gasteiger partial charge in [0.15, 0.2) is 0 Å². The Labute approximate surface area is 133 Å². The first kappa shape index (κ1) is 17.4. The molecule has 1 aromatic heterocycles. The fourth-order valence-electron chi connectivity index (χ4n) is 2.48. The number of carbonyl (C=O) groups excluding carboxylic acids is 1. The number of nitrogens with zero attached hydrogens (tertiary/aromatic N) is 2. The molecule has 2 heterocycles. The largest absolute Gasteiger partial charge is 0.493 e. The summed E-state index contributed by atoms with van der Waals surface area (Å²) in [6, 6.07) is 0.930. The topological polar surface area (TPSA) is 132 Å². The molecule has 10 heteroatoms. The van der Waals surface area contributed by atoms with Gasteiger partial charge in [-0.2, -0.15) is 4.98 Å². The van der Waals surface area contributed by atoms with Crippen LogP contribution >= 0.6 is 0 Å². The van der Waals surface area contributed by atoms with Crippen LogP contribution in [0.2, 0.25) is 0 Å². The van der Waals surface area contributed by atoms with Crippen LogP contribution in [-0.4, -0.2) is 52.5 Å². The number of hydrogen-bond acceptors (Lipinski definition) is 6. The number of aromatic nitrogens is 2. The molecule has 9 nitrogen and oxygen atoms in total. The lowest BCUT2D eigenvalue weighted by Gasteiger charge is -2.30. The van der Waals surface area contributed by atoms with Crippen LogP contribution in [-0.2, 0) is 21.4 Å². The monoisotopic (exact) mass is 344 g/mol. The molecule has 23 heavy (non-hydrogen) atoms. The van der Waals surface area contributed by atoms with Crippen LogP contribution in [0.15, 0.2) is 10.9 Å². The Bertz CT molecular complexity index is 730. The van der Waals surface area contributed by atoms with Crippen LogP contribution in [0.5, 0.6) is 5.88 Å². The summed E-state index contributed by atoms with van der Waals surface area (Å²) in [6.07, 6.45) is 1.23. The molecular formula is C13H20N4O5S. The van der Waals surface area contributed by atoms with E-state index in [-0.39, 0.29) is 30.6 Å². The second-order valence-corrected chi connectivity index (χ2v) is 7.62. The minimum atomic E-state index is -3.31. The first-order valence-corrected chi connectivity index (χ1v) is 8.97. The molecule has 2 rings (SSSR count). The molecule has 1 unspecified atom stereocenters. The van der Waals surface area contributed by atoms with Gasteiger partial charge in [0.2, 0.25) is 21.8 Å². The molecule has 0 spiro atoms. The van der Waals surface area contributed by atoms with Crippen LogP contribution in [0, 0.1) is 5.92 Å². The van der Waals surface area contributed by atoms with Gasteiger partial charge in [-0.1, -0.05) is 0 Å². The number of hydrogen-bond donors (Lipinski definition) is 3. The van der Waals surface area contributed by atoms with E-state index in [0.717, 1.165) is 6.07 Å². The molecule has 1 aromatic rings. The van der Waals surface area contributed by atoms with E-state index in [1.807, 2.05) is 0 Å². The van der Waals surface area contributed by atoms with E-state index in [1.165, 1.54) is 4.31 Å². The zero-order valence-electron chi connectivity index (χ0n) is 12.8. The molecule has 1 amide bonds. The van der Waals surface area contributed by atoms with Crippen LogP contribution < -0.4 is 10.9 Å². The molecule has 3 N–H and O–H groups in total. The molecule has 1 saturated heterocycles. The van der Waals surface area contributed by atoms with Crippen molar-refractivity contribution in [1.29, 1.82) is 0 Å². The van der Waals surface area contributed by atoms with Gasteiger partial charge in [-0.15, -0.1) is 0 Å². The Morgan fingerprint density at radius 3 is 2.96 bits per heavy atom. The van der Waals surface area contributed by atoms with E-state index in [4.69, 9.17) is 0 Å². The maximum absolute atomic E-state index is 12.2. The lowest BCUT2D eigenvalue weighted by molar-refractivity contribution is -0.126. The lowest BCUT2D eigenvalue weighted by Crippen LogP contribution is -2.45. The van der Waals surface area contributed by atoms with Gasteiger partial charge in [-0.05, 0) is 19.8 Å². The van der Waals surface area contributed by atoms with Crippen molar-refractivity contribution in [2.75, 3.05) is 18.8 Å². The normalized spacial score (nSPS) is 19.4. The molecule has 1 aliphatic heterocycles. The van der Waals surface area contributed by atoms with Gasteiger partial charge in [0, 0.05) is 13.1 Å². The van der Waals surface area contributed by atoms with Crippen molar-refractivity contribution in [3.8, 4) is 5.88 Å². The highest BCUT2D eigenvalue weighted by atomic mass is 32.2. The number of nitrogens with one attached hydrogen (secondary N) is 2. The third-order valence-corrected chi connectivity index (χ3v) is 5.57. The van der Waals surface area contributed by atoms with E-state index in [9.17, 15) is 23.1 Å². The maximum atomic E-state index is 12.2. The minimum absolute atomic E-state index is 0.00971. The van der Waals surface area contributed by atoms with Gasteiger partial charge >= 0.3 is 0 Å². The van der Waals surface area contributed by atoms with Crippen LogP contribution in [0.25, 0.3) is 0 Å². The Kier molecular flexibility index (Phi) is 5.37. The third kappa shape index (κ3) is 4.52. The summed E-state index contributed by atoms with van der Waals surface area (Å²) in [6.45, 7) is 2.12. The number of sulfonamides is 1. The highest BCUT2D eigenvalue weighted by molar-refractivity contribution is 7.89. The summed E-state index contributed by atoms with van der Waals surface area (Å²) in [4.78, 5) is 29.5. The first-order chi connectivity index (χ1) is 10.8. The first-order valence-electron chi connectivity index (χ1n) is 7.36. The second kappa shape index (κ2) is 7.09. The average molecular weight is 344 g/mol.